The van der Waals surface area contributed by atoms with Crippen molar-refractivity contribution in [2.45, 2.75) is 31.8 Å². The number of hydrogen-bond donors (Lipinski definition) is 1. The molecule has 1 heterocycles. The minimum Gasteiger partial charge on any atom is -0.326 e. The molecule has 1 aromatic carbocycles. The van der Waals surface area contributed by atoms with Gasteiger partial charge in [0.25, 0.3) is 0 Å². The molecule has 1 fully saturated rings. The summed E-state index contributed by atoms with van der Waals surface area (Å²) in [7, 11) is 0. The van der Waals surface area contributed by atoms with Crippen molar-refractivity contribution in [3.63, 3.8) is 0 Å². The molecule has 2 atom stereocenters. The molecule has 0 bridgehead atoms. The van der Waals surface area contributed by atoms with Crippen LogP contribution in [-0.2, 0) is 0 Å². The Morgan fingerprint density at radius 3 is 2.59 bits per heavy atom. The van der Waals surface area contributed by atoms with E-state index in [4.69, 9.17) is 5.73 Å². The number of benzene rings is 1. The number of nitrogens with two attached hydrogens (primary N) is 1. The molecule has 1 saturated heterocycles. The van der Waals surface area contributed by atoms with Gasteiger partial charge >= 0.3 is 0 Å². The molecule has 4 heteroatoms. The summed E-state index contributed by atoms with van der Waals surface area (Å²) in [5.74, 6) is -0.984. The monoisotopic (exact) mass is 240 g/mol. The standard InChI is InChI=1S/C13H18F2N2/c1-2-7-17-8-6-11(16)13(17)12-9(14)4-3-5-10(12)15/h3-5,11,13H,2,6-8,16H2,1H3. The highest BCUT2D eigenvalue weighted by atomic mass is 19.1. The van der Waals surface area contributed by atoms with Crippen molar-refractivity contribution in [1.29, 1.82) is 0 Å². The fourth-order valence-electron chi connectivity index (χ4n) is 2.61. The van der Waals surface area contributed by atoms with E-state index in [1.54, 1.807) is 0 Å². The van der Waals surface area contributed by atoms with Crippen molar-refractivity contribution in [3.05, 3.63) is 35.4 Å². The predicted octanol–water partition coefficient (Wildman–Crippen LogP) is 2.45. The second-order valence-corrected chi connectivity index (χ2v) is 4.57. The first-order chi connectivity index (χ1) is 8.15. The lowest BCUT2D eigenvalue weighted by Crippen LogP contribution is -2.33. The van der Waals surface area contributed by atoms with Crippen LogP contribution in [0.4, 0.5) is 8.78 Å². The largest absolute Gasteiger partial charge is 0.326 e. The first kappa shape index (κ1) is 12.5. The molecule has 0 radical (unpaired) electrons. The molecular formula is C13H18F2N2. The number of likely N-dealkylation sites (tertiary alicyclic amines) is 1. The summed E-state index contributed by atoms with van der Waals surface area (Å²) >= 11 is 0. The lowest BCUT2D eigenvalue weighted by Gasteiger charge is -2.27. The van der Waals surface area contributed by atoms with E-state index in [0.717, 1.165) is 25.9 Å². The van der Waals surface area contributed by atoms with Crippen LogP contribution in [0.15, 0.2) is 18.2 Å². The van der Waals surface area contributed by atoms with Crippen LogP contribution in [0.3, 0.4) is 0 Å². The van der Waals surface area contributed by atoms with E-state index in [2.05, 4.69) is 11.8 Å². The molecule has 2 nitrogen and oxygen atoms in total. The van der Waals surface area contributed by atoms with Crippen LogP contribution < -0.4 is 5.73 Å². The highest BCUT2D eigenvalue weighted by Gasteiger charge is 2.35. The zero-order valence-electron chi connectivity index (χ0n) is 10.00. The Labute approximate surface area is 100 Å². The predicted molar refractivity (Wildman–Crippen MR) is 63.6 cm³/mol. The molecule has 2 N–H and O–H groups in total. The van der Waals surface area contributed by atoms with Gasteiger partial charge in [-0.25, -0.2) is 8.78 Å². The fraction of sp³-hybridized carbons (Fsp3) is 0.538. The topological polar surface area (TPSA) is 29.3 Å². The molecule has 1 aliphatic rings. The average molecular weight is 240 g/mol. The van der Waals surface area contributed by atoms with Crippen LogP contribution in [-0.4, -0.2) is 24.0 Å². The molecule has 17 heavy (non-hydrogen) atoms. The van der Waals surface area contributed by atoms with Gasteiger partial charge in [0.1, 0.15) is 11.6 Å². The third-order valence-electron chi connectivity index (χ3n) is 3.35. The Bertz CT molecular complexity index is 373. The van der Waals surface area contributed by atoms with E-state index < -0.39 is 11.6 Å². The lowest BCUT2D eigenvalue weighted by molar-refractivity contribution is 0.237. The quantitative estimate of drug-likeness (QED) is 0.879. The van der Waals surface area contributed by atoms with Gasteiger partial charge in [-0.1, -0.05) is 13.0 Å². The summed E-state index contributed by atoms with van der Waals surface area (Å²) < 4.78 is 27.5. The Kier molecular flexibility index (Phi) is 3.74. The number of rotatable bonds is 3. The van der Waals surface area contributed by atoms with Crippen molar-refractivity contribution in [2.24, 2.45) is 5.73 Å². The van der Waals surface area contributed by atoms with Gasteiger partial charge in [-0.3, -0.25) is 4.90 Å². The summed E-state index contributed by atoms with van der Waals surface area (Å²) in [5.41, 5.74) is 6.12. The van der Waals surface area contributed by atoms with Gasteiger partial charge in [-0.05, 0) is 31.5 Å². The molecule has 0 aromatic heterocycles. The van der Waals surface area contributed by atoms with E-state index in [1.165, 1.54) is 18.2 Å². The van der Waals surface area contributed by atoms with E-state index in [1.807, 2.05) is 0 Å². The van der Waals surface area contributed by atoms with Crippen LogP contribution in [0, 0.1) is 11.6 Å². The summed E-state index contributed by atoms with van der Waals surface area (Å²) in [6.45, 7) is 3.69. The lowest BCUT2D eigenvalue weighted by atomic mass is 9.99. The van der Waals surface area contributed by atoms with E-state index in [9.17, 15) is 8.78 Å². The maximum Gasteiger partial charge on any atom is 0.130 e. The van der Waals surface area contributed by atoms with Gasteiger partial charge in [0.15, 0.2) is 0 Å². The Morgan fingerprint density at radius 2 is 2.00 bits per heavy atom. The van der Waals surface area contributed by atoms with Crippen molar-refractivity contribution in [3.8, 4) is 0 Å². The molecule has 0 amide bonds. The second-order valence-electron chi connectivity index (χ2n) is 4.57. The van der Waals surface area contributed by atoms with Crippen LogP contribution in [0.25, 0.3) is 0 Å². The molecule has 94 valence electrons. The zero-order chi connectivity index (χ0) is 12.4. The molecule has 2 unspecified atom stereocenters. The average Bonchev–Trinajstić information content (AvgIpc) is 2.62. The van der Waals surface area contributed by atoms with E-state index in [0.29, 0.717) is 0 Å². The summed E-state index contributed by atoms with van der Waals surface area (Å²) in [6.07, 6.45) is 1.75. The number of halogens is 2. The van der Waals surface area contributed by atoms with Crippen LogP contribution in [0.1, 0.15) is 31.4 Å². The number of hydrogen-bond acceptors (Lipinski definition) is 2. The minimum absolute atomic E-state index is 0.131. The molecular weight excluding hydrogens is 222 g/mol. The van der Waals surface area contributed by atoms with Crippen LogP contribution in [0.5, 0.6) is 0 Å². The van der Waals surface area contributed by atoms with Crippen molar-refractivity contribution in [2.75, 3.05) is 13.1 Å². The van der Waals surface area contributed by atoms with Crippen molar-refractivity contribution >= 4 is 0 Å². The van der Waals surface area contributed by atoms with Crippen LogP contribution in [0.2, 0.25) is 0 Å². The van der Waals surface area contributed by atoms with E-state index in [-0.39, 0.29) is 17.6 Å². The van der Waals surface area contributed by atoms with Gasteiger partial charge in [0, 0.05) is 18.2 Å². The third-order valence-corrected chi connectivity index (χ3v) is 3.35. The maximum atomic E-state index is 13.8. The third kappa shape index (κ3) is 2.33. The summed E-state index contributed by atoms with van der Waals surface area (Å²) in [5, 5.41) is 0. The summed E-state index contributed by atoms with van der Waals surface area (Å²) in [6, 6.07) is 3.48. The first-order valence-electron chi connectivity index (χ1n) is 6.08. The molecule has 1 aromatic rings. The fourth-order valence-corrected chi connectivity index (χ4v) is 2.61. The second kappa shape index (κ2) is 5.10. The van der Waals surface area contributed by atoms with Gasteiger partial charge in [-0.2, -0.15) is 0 Å². The Hall–Kier alpha value is -1.00. The van der Waals surface area contributed by atoms with E-state index >= 15 is 0 Å². The SMILES string of the molecule is CCCN1CCC(N)C1c1c(F)cccc1F. The van der Waals surface area contributed by atoms with Gasteiger partial charge in [0.05, 0.1) is 6.04 Å². The van der Waals surface area contributed by atoms with Crippen molar-refractivity contribution < 1.29 is 8.78 Å². The number of nitrogens with zero attached hydrogens (tertiary/aromatic N) is 1. The molecule has 0 spiro atoms. The smallest absolute Gasteiger partial charge is 0.130 e. The highest BCUT2D eigenvalue weighted by Crippen LogP contribution is 2.34. The Morgan fingerprint density at radius 1 is 1.35 bits per heavy atom. The van der Waals surface area contributed by atoms with Crippen LogP contribution >= 0.6 is 0 Å². The zero-order valence-corrected chi connectivity index (χ0v) is 10.00. The molecule has 1 aliphatic heterocycles. The first-order valence-corrected chi connectivity index (χ1v) is 6.08. The normalized spacial score (nSPS) is 25.4. The van der Waals surface area contributed by atoms with Crippen molar-refractivity contribution in [1.82, 2.24) is 4.90 Å². The molecule has 0 aliphatic carbocycles. The molecule has 0 saturated carbocycles. The summed E-state index contributed by atoms with van der Waals surface area (Å²) in [4.78, 5) is 2.08. The van der Waals surface area contributed by atoms with Gasteiger partial charge < -0.3 is 5.73 Å². The maximum absolute atomic E-state index is 13.8. The minimum atomic E-state index is -0.492. The Balaban J connectivity index is 2.36. The molecule has 2 rings (SSSR count). The van der Waals surface area contributed by atoms with Gasteiger partial charge in [0.2, 0.25) is 0 Å². The highest BCUT2D eigenvalue weighted by molar-refractivity contribution is 5.26. The van der Waals surface area contributed by atoms with Gasteiger partial charge in [-0.15, -0.1) is 0 Å².